The largest absolute Gasteiger partial charge is 0.480 e. The molecule has 0 aliphatic carbocycles. The number of unbranched alkanes of at least 4 members (excludes halogenated alkanes) is 1. The molecule has 18 heteroatoms. The number of benzene rings is 3. The fourth-order valence-electron chi connectivity index (χ4n) is 7.33. The fourth-order valence-corrected chi connectivity index (χ4v) is 7.60. The van der Waals surface area contributed by atoms with Crippen molar-refractivity contribution in [3.63, 3.8) is 0 Å². The number of tetrazole rings is 1. The van der Waals surface area contributed by atoms with Gasteiger partial charge in [0.2, 0.25) is 11.8 Å². The lowest BCUT2D eigenvalue weighted by molar-refractivity contribution is -0.138. The second-order valence-corrected chi connectivity index (χ2v) is 14.7. The molecular formula is C41H43ClFN9O7. The van der Waals surface area contributed by atoms with E-state index in [4.69, 9.17) is 22.4 Å². The van der Waals surface area contributed by atoms with Crippen molar-refractivity contribution >= 4 is 58.6 Å². The molecule has 2 atom stereocenters. The smallest absolute Gasteiger partial charge is 0.335 e. The molecule has 0 saturated heterocycles. The van der Waals surface area contributed by atoms with E-state index >= 15 is 4.39 Å². The summed E-state index contributed by atoms with van der Waals surface area (Å²) in [4.78, 5) is 66.8. The van der Waals surface area contributed by atoms with Gasteiger partial charge in [-0.3, -0.25) is 24.1 Å². The Kier molecular flexibility index (Phi) is 13.6. The molecule has 0 spiro atoms. The normalized spacial score (nSPS) is 16.0. The first-order valence-electron chi connectivity index (χ1n) is 19.0. The number of carboxylic acid groups (broad SMARTS) is 2. The number of amides is 3. The van der Waals surface area contributed by atoms with Crippen molar-refractivity contribution in [1.29, 1.82) is 0 Å². The Balaban J connectivity index is 1.23. The van der Waals surface area contributed by atoms with Crippen molar-refractivity contribution in [1.82, 2.24) is 35.3 Å². The van der Waals surface area contributed by atoms with E-state index < -0.39 is 41.7 Å². The molecule has 2 aliphatic rings. The summed E-state index contributed by atoms with van der Waals surface area (Å²) >= 11 is 6.20. The Morgan fingerprint density at radius 1 is 1.07 bits per heavy atom. The SMILES string of the molecule is Cc1cc(Cl)c(F)c(/C=C/C(=O)N2CCc3c(C4=CCN(CC(=O)NCCCC[C@H](N)C(=O)O)CC4)cccc3[C@H]2C(=O)Nc2ccc(C(=O)O)cc2)c1-n1cnnn1. The number of hydrogen-bond acceptors (Lipinski definition) is 10. The molecular weight excluding hydrogens is 785 g/mol. The van der Waals surface area contributed by atoms with Crippen LogP contribution in [0.15, 0.2) is 67.0 Å². The van der Waals surface area contributed by atoms with Crippen LogP contribution in [-0.4, -0.2) is 109 Å². The molecule has 3 aromatic carbocycles. The van der Waals surface area contributed by atoms with Crippen LogP contribution in [0.25, 0.3) is 17.3 Å². The van der Waals surface area contributed by atoms with Gasteiger partial charge in [-0.25, -0.2) is 9.18 Å². The maximum absolute atomic E-state index is 15.5. The number of aryl methyl sites for hydroxylation is 1. The minimum Gasteiger partial charge on any atom is -0.480 e. The molecule has 3 amide bonds. The highest BCUT2D eigenvalue weighted by atomic mass is 35.5. The highest BCUT2D eigenvalue weighted by Crippen LogP contribution is 2.37. The van der Waals surface area contributed by atoms with E-state index in [0.29, 0.717) is 68.6 Å². The van der Waals surface area contributed by atoms with E-state index in [1.165, 1.54) is 58.4 Å². The quantitative estimate of drug-likeness (QED) is 0.0846. The molecule has 59 heavy (non-hydrogen) atoms. The van der Waals surface area contributed by atoms with Gasteiger partial charge < -0.3 is 31.5 Å². The Bertz CT molecular complexity index is 2300. The molecule has 16 nitrogen and oxygen atoms in total. The van der Waals surface area contributed by atoms with Gasteiger partial charge in [0.25, 0.3) is 5.91 Å². The number of fused-ring (bicyclic) bond motifs is 1. The number of hydrogen-bond donors (Lipinski definition) is 5. The lowest BCUT2D eigenvalue weighted by Gasteiger charge is -2.37. The van der Waals surface area contributed by atoms with Crippen LogP contribution in [-0.2, 0) is 25.6 Å². The molecule has 0 radical (unpaired) electrons. The predicted molar refractivity (Wildman–Crippen MR) is 216 cm³/mol. The zero-order valence-corrected chi connectivity index (χ0v) is 32.9. The Morgan fingerprint density at radius 3 is 2.53 bits per heavy atom. The minimum atomic E-state index is -1.12. The van der Waals surface area contributed by atoms with Crippen molar-refractivity contribution in [2.75, 3.05) is 38.0 Å². The molecule has 0 saturated carbocycles. The summed E-state index contributed by atoms with van der Waals surface area (Å²) in [6.45, 7) is 3.58. The van der Waals surface area contributed by atoms with Crippen LogP contribution in [0.3, 0.4) is 0 Å². The molecule has 0 unspecified atom stereocenters. The van der Waals surface area contributed by atoms with Crippen LogP contribution in [0, 0.1) is 12.7 Å². The van der Waals surface area contributed by atoms with Crippen LogP contribution in [0.4, 0.5) is 10.1 Å². The highest BCUT2D eigenvalue weighted by Gasteiger charge is 2.37. The molecule has 308 valence electrons. The van der Waals surface area contributed by atoms with Gasteiger partial charge in [-0.1, -0.05) is 35.9 Å². The summed E-state index contributed by atoms with van der Waals surface area (Å²) in [5, 5.41) is 35.0. The number of aromatic nitrogens is 4. The van der Waals surface area contributed by atoms with E-state index in [-0.39, 0.29) is 40.8 Å². The second kappa shape index (κ2) is 19.0. The van der Waals surface area contributed by atoms with Gasteiger partial charge >= 0.3 is 11.9 Å². The number of nitrogens with two attached hydrogens (primary N) is 1. The van der Waals surface area contributed by atoms with Crippen LogP contribution >= 0.6 is 11.6 Å². The maximum Gasteiger partial charge on any atom is 0.335 e. The number of carbonyl (C=O) groups is 5. The summed E-state index contributed by atoms with van der Waals surface area (Å²) in [5.74, 6) is -4.19. The van der Waals surface area contributed by atoms with Gasteiger partial charge in [0, 0.05) is 43.5 Å². The average Bonchev–Trinajstić information content (AvgIpc) is 3.75. The summed E-state index contributed by atoms with van der Waals surface area (Å²) in [7, 11) is 0. The number of halogens is 2. The first-order chi connectivity index (χ1) is 28.3. The van der Waals surface area contributed by atoms with Gasteiger partial charge in [0.1, 0.15) is 18.4 Å². The summed E-state index contributed by atoms with van der Waals surface area (Å²) in [6, 6.07) is 10.7. The van der Waals surface area contributed by atoms with E-state index in [1.807, 2.05) is 17.0 Å². The van der Waals surface area contributed by atoms with Crippen LogP contribution in [0.5, 0.6) is 0 Å². The molecule has 4 aromatic rings. The third kappa shape index (κ3) is 10.1. The average molecular weight is 828 g/mol. The van der Waals surface area contributed by atoms with Crippen molar-refractivity contribution in [3.05, 3.63) is 111 Å². The predicted octanol–water partition coefficient (Wildman–Crippen LogP) is 4.03. The van der Waals surface area contributed by atoms with Crippen molar-refractivity contribution in [2.24, 2.45) is 5.73 Å². The van der Waals surface area contributed by atoms with Crippen molar-refractivity contribution in [2.45, 2.75) is 51.1 Å². The molecule has 2 aliphatic heterocycles. The first kappa shape index (κ1) is 42.3. The first-order valence-corrected chi connectivity index (χ1v) is 19.3. The standard InChI is InChI=1S/C41H43ClFN9O7/c1-24-21-32(42)36(43)31(37(24)52-23-46-48-49-52)12-13-35(54)51-20-16-29-28(5-4-6-30(29)38(51)39(55)47-27-10-8-26(9-11-27)40(56)57)25-14-18-50(19-15-25)22-34(53)45-17-3-2-7-33(44)41(58)59/h4-6,8-14,21,23,33,38H,2-3,7,15-20,22,44H2,1H3,(H,45,53)(H,47,55)(H,56,57)(H,58,59)/b13-12+/t33-,38-/m0/s1. The molecule has 6 N–H and O–H groups in total. The topological polar surface area (TPSA) is 226 Å². The number of aliphatic carboxylic acids is 1. The van der Waals surface area contributed by atoms with E-state index in [2.05, 4.69) is 32.2 Å². The molecule has 6 rings (SSSR count). The van der Waals surface area contributed by atoms with E-state index in [1.54, 1.807) is 13.0 Å². The Labute approximate surface area is 343 Å². The maximum atomic E-state index is 15.5. The summed E-state index contributed by atoms with van der Waals surface area (Å²) < 4.78 is 16.8. The number of carboxylic acids is 2. The van der Waals surface area contributed by atoms with Crippen LogP contribution in [0.2, 0.25) is 5.02 Å². The Morgan fingerprint density at radius 2 is 1.85 bits per heavy atom. The molecule has 0 fully saturated rings. The van der Waals surface area contributed by atoms with Crippen molar-refractivity contribution in [3.8, 4) is 5.69 Å². The molecule has 0 bridgehead atoms. The van der Waals surface area contributed by atoms with Crippen LogP contribution in [0.1, 0.15) is 69.9 Å². The zero-order valence-electron chi connectivity index (χ0n) is 32.1. The lowest BCUT2D eigenvalue weighted by Crippen LogP contribution is -2.45. The lowest BCUT2D eigenvalue weighted by atomic mass is 9.84. The third-order valence-electron chi connectivity index (χ3n) is 10.3. The van der Waals surface area contributed by atoms with Gasteiger partial charge in [-0.2, -0.15) is 4.68 Å². The minimum absolute atomic E-state index is 0.0242. The van der Waals surface area contributed by atoms with Gasteiger partial charge in [0.15, 0.2) is 5.82 Å². The third-order valence-corrected chi connectivity index (χ3v) is 10.6. The van der Waals surface area contributed by atoms with Gasteiger partial charge in [-0.05, 0) is 114 Å². The zero-order chi connectivity index (χ0) is 42.2. The second-order valence-electron chi connectivity index (χ2n) is 14.3. The number of carbonyl (C=O) groups excluding carboxylic acids is 3. The highest BCUT2D eigenvalue weighted by molar-refractivity contribution is 6.31. The fraction of sp³-hybridized carbons (Fsp3) is 0.317. The molecule has 1 aromatic heterocycles. The van der Waals surface area contributed by atoms with E-state index in [9.17, 15) is 29.1 Å². The summed E-state index contributed by atoms with van der Waals surface area (Å²) in [6.07, 6.45) is 8.40. The van der Waals surface area contributed by atoms with E-state index in [0.717, 1.165) is 16.7 Å². The number of aromatic carboxylic acids is 1. The number of nitrogens with zero attached hydrogens (tertiary/aromatic N) is 6. The number of rotatable bonds is 15. The molecule has 3 heterocycles. The number of nitrogens with one attached hydrogen (secondary N) is 2. The van der Waals surface area contributed by atoms with Crippen molar-refractivity contribution < 1.29 is 38.6 Å². The van der Waals surface area contributed by atoms with Gasteiger partial charge in [0.05, 0.1) is 22.8 Å². The monoisotopic (exact) mass is 827 g/mol. The Hall–Kier alpha value is -6.30. The van der Waals surface area contributed by atoms with Crippen LogP contribution < -0.4 is 16.4 Å². The van der Waals surface area contributed by atoms with Gasteiger partial charge in [-0.15, -0.1) is 5.10 Å². The number of anilines is 1. The summed E-state index contributed by atoms with van der Waals surface area (Å²) in [5.41, 5.74) is 10.2.